The summed E-state index contributed by atoms with van der Waals surface area (Å²) in [7, 11) is -3.29. The summed E-state index contributed by atoms with van der Waals surface area (Å²) < 4.78 is 25.4. The topological polar surface area (TPSA) is 89.3 Å². The summed E-state index contributed by atoms with van der Waals surface area (Å²) in [5.41, 5.74) is 1.32. The summed E-state index contributed by atoms with van der Waals surface area (Å²) in [6.07, 6.45) is -0.973. The molecule has 4 rings (SSSR count). The molecule has 1 N–H and O–H groups in total. The largest absolute Gasteiger partial charge is 0.391 e. The molecule has 1 aromatic heterocycles. The standard InChI is InChI=1S/C20H20N2O4S2/c1-13(14-7-3-2-4-8-14)22-19(24)15-9-5-6-10-16(15)21-20(22)27-18-12-28(25,26)11-17(18)23/h2-10,13,17-18,23H,11-12H2,1H3/t13-,17-,18-/m0/s1. The Hall–Kier alpha value is -2.16. The maximum Gasteiger partial charge on any atom is 0.262 e. The summed E-state index contributed by atoms with van der Waals surface area (Å²) in [6, 6.07) is 16.4. The third kappa shape index (κ3) is 3.59. The van der Waals surface area contributed by atoms with Gasteiger partial charge in [0.2, 0.25) is 0 Å². The molecule has 0 aliphatic carbocycles. The number of nitrogens with zero attached hydrogens (tertiary/aromatic N) is 2. The number of hydrogen-bond donors (Lipinski definition) is 1. The average molecular weight is 417 g/mol. The Labute approximate surface area is 167 Å². The van der Waals surface area contributed by atoms with Gasteiger partial charge in [-0.25, -0.2) is 13.4 Å². The lowest BCUT2D eigenvalue weighted by atomic mass is 10.1. The zero-order chi connectivity index (χ0) is 19.9. The molecule has 2 heterocycles. The Morgan fingerprint density at radius 2 is 1.79 bits per heavy atom. The van der Waals surface area contributed by atoms with Gasteiger partial charge in [-0.2, -0.15) is 0 Å². The molecule has 1 fully saturated rings. The van der Waals surface area contributed by atoms with Gasteiger partial charge in [-0.1, -0.05) is 54.2 Å². The van der Waals surface area contributed by atoms with Crippen LogP contribution in [0.25, 0.3) is 10.9 Å². The second kappa shape index (κ2) is 7.35. The second-order valence-corrected chi connectivity index (χ2v) is 10.3. The molecule has 1 aliphatic rings. The highest BCUT2D eigenvalue weighted by Gasteiger charge is 2.38. The van der Waals surface area contributed by atoms with Crippen molar-refractivity contribution in [3.63, 3.8) is 0 Å². The minimum atomic E-state index is -3.29. The van der Waals surface area contributed by atoms with Gasteiger partial charge in [0.1, 0.15) is 0 Å². The van der Waals surface area contributed by atoms with Crippen molar-refractivity contribution in [2.24, 2.45) is 0 Å². The number of thioether (sulfide) groups is 1. The van der Waals surface area contributed by atoms with Crippen molar-refractivity contribution in [2.45, 2.75) is 29.5 Å². The van der Waals surface area contributed by atoms with E-state index in [0.717, 1.165) is 17.3 Å². The molecule has 3 atom stereocenters. The van der Waals surface area contributed by atoms with Crippen LogP contribution in [-0.2, 0) is 9.84 Å². The second-order valence-electron chi connectivity index (χ2n) is 6.97. The number of aliphatic hydroxyl groups is 1. The highest BCUT2D eigenvalue weighted by atomic mass is 32.2. The SMILES string of the molecule is C[C@@H](c1ccccc1)n1c(S[C@H]2CS(=O)(=O)C[C@@H]2O)nc2ccccc2c1=O. The number of fused-ring (bicyclic) bond motifs is 1. The highest BCUT2D eigenvalue weighted by molar-refractivity contribution is 8.01. The van der Waals surface area contributed by atoms with Crippen LogP contribution in [0.15, 0.2) is 64.5 Å². The number of aliphatic hydroxyl groups excluding tert-OH is 1. The Kier molecular flexibility index (Phi) is 5.03. The zero-order valence-corrected chi connectivity index (χ0v) is 16.9. The summed E-state index contributed by atoms with van der Waals surface area (Å²) >= 11 is 1.16. The highest BCUT2D eigenvalue weighted by Crippen LogP contribution is 2.32. The molecule has 28 heavy (non-hydrogen) atoms. The summed E-state index contributed by atoms with van der Waals surface area (Å²) in [5, 5.41) is 10.6. The van der Waals surface area contributed by atoms with Gasteiger partial charge in [-0.05, 0) is 24.6 Å². The molecule has 8 heteroatoms. The maximum atomic E-state index is 13.3. The van der Waals surface area contributed by atoms with Gasteiger partial charge in [0, 0.05) is 0 Å². The first-order chi connectivity index (χ1) is 13.4. The lowest BCUT2D eigenvalue weighted by Gasteiger charge is -2.22. The molecule has 0 amide bonds. The van der Waals surface area contributed by atoms with Gasteiger partial charge in [-0.3, -0.25) is 9.36 Å². The maximum absolute atomic E-state index is 13.3. The molecular formula is C20H20N2O4S2. The first-order valence-electron chi connectivity index (χ1n) is 8.97. The number of benzene rings is 2. The fraction of sp³-hybridized carbons (Fsp3) is 0.300. The van der Waals surface area contributed by atoms with Crippen LogP contribution in [0.2, 0.25) is 0 Å². The van der Waals surface area contributed by atoms with E-state index in [4.69, 9.17) is 0 Å². The van der Waals surface area contributed by atoms with Crippen LogP contribution >= 0.6 is 11.8 Å². The number of sulfone groups is 1. The molecule has 1 aliphatic heterocycles. The van der Waals surface area contributed by atoms with Gasteiger partial charge in [0.05, 0.1) is 39.8 Å². The van der Waals surface area contributed by atoms with Crippen molar-refractivity contribution in [2.75, 3.05) is 11.5 Å². The third-order valence-corrected chi connectivity index (χ3v) is 8.18. The minimum absolute atomic E-state index is 0.124. The Morgan fingerprint density at radius 3 is 2.46 bits per heavy atom. The van der Waals surface area contributed by atoms with Crippen molar-refractivity contribution in [1.82, 2.24) is 9.55 Å². The number of aromatic nitrogens is 2. The van der Waals surface area contributed by atoms with E-state index in [2.05, 4.69) is 4.98 Å². The van der Waals surface area contributed by atoms with E-state index in [-0.39, 0.29) is 23.1 Å². The normalized spacial score (nSPS) is 22.4. The van der Waals surface area contributed by atoms with Gasteiger partial charge in [-0.15, -0.1) is 0 Å². The van der Waals surface area contributed by atoms with Gasteiger partial charge in [0.25, 0.3) is 5.56 Å². The molecule has 0 saturated carbocycles. The van der Waals surface area contributed by atoms with Crippen LogP contribution in [-0.4, -0.2) is 45.9 Å². The smallest absolute Gasteiger partial charge is 0.262 e. The van der Waals surface area contributed by atoms with E-state index in [0.29, 0.717) is 16.1 Å². The van der Waals surface area contributed by atoms with Gasteiger partial charge in [0.15, 0.2) is 15.0 Å². The lowest BCUT2D eigenvalue weighted by molar-refractivity contribution is 0.207. The van der Waals surface area contributed by atoms with Crippen molar-refractivity contribution >= 4 is 32.5 Å². The van der Waals surface area contributed by atoms with Crippen molar-refractivity contribution in [1.29, 1.82) is 0 Å². The molecule has 1 saturated heterocycles. The predicted octanol–water partition coefficient (Wildman–Crippen LogP) is 2.26. The quantitative estimate of drug-likeness (QED) is 0.656. The fourth-order valence-electron chi connectivity index (χ4n) is 3.48. The van der Waals surface area contributed by atoms with Crippen LogP contribution in [0.3, 0.4) is 0 Å². The Bertz CT molecular complexity index is 1180. The average Bonchev–Trinajstić information content (AvgIpc) is 2.93. The third-order valence-electron chi connectivity index (χ3n) is 4.97. The first kappa shape index (κ1) is 19.2. The zero-order valence-electron chi connectivity index (χ0n) is 15.2. The van der Waals surface area contributed by atoms with Crippen molar-refractivity contribution in [3.8, 4) is 0 Å². The van der Waals surface area contributed by atoms with Gasteiger partial charge < -0.3 is 5.11 Å². The summed E-state index contributed by atoms with van der Waals surface area (Å²) in [6.45, 7) is 1.92. The van der Waals surface area contributed by atoms with Crippen LogP contribution in [0.1, 0.15) is 18.5 Å². The molecule has 146 valence electrons. The van der Waals surface area contributed by atoms with Crippen LogP contribution in [0.5, 0.6) is 0 Å². The van der Waals surface area contributed by atoms with E-state index in [1.165, 1.54) is 0 Å². The number of rotatable bonds is 4. The molecule has 2 aromatic carbocycles. The van der Waals surface area contributed by atoms with E-state index in [1.807, 2.05) is 43.3 Å². The van der Waals surface area contributed by atoms with Crippen LogP contribution < -0.4 is 5.56 Å². The van der Waals surface area contributed by atoms with Crippen molar-refractivity contribution < 1.29 is 13.5 Å². The lowest BCUT2D eigenvalue weighted by Crippen LogP contribution is -2.29. The fourth-order valence-corrected chi connectivity index (χ4v) is 7.13. The molecular weight excluding hydrogens is 396 g/mol. The monoisotopic (exact) mass is 416 g/mol. The molecule has 0 unspecified atom stereocenters. The van der Waals surface area contributed by atoms with E-state index >= 15 is 0 Å². The number of para-hydroxylation sites is 1. The Morgan fingerprint density at radius 1 is 1.11 bits per heavy atom. The first-order valence-corrected chi connectivity index (χ1v) is 11.7. The molecule has 3 aromatic rings. The van der Waals surface area contributed by atoms with Crippen LogP contribution in [0, 0.1) is 0 Å². The summed E-state index contributed by atoms with van der Waals surface area (Å²) in [5.74, 6) is -0.377. The molecule has 0 bridgehead atoms. The molecule has 6 nitrogen and oxygen atoms in total. The number of hydrogen-bond acceptors (Lipinski definition) is 6. The minimum Gasteiger partial charge on any atom is -0.391 e. The van der Waals surface area contributed by atoms with Crippen molar-refractivity contribution in [3.05, 3.63) is 70.5 Å². The summed E-state index contributed by atoms with van der Waals surface area (Å²) in [4.78, 5) is 17.9. The van der Waals surface area contributed by atoms with E-state index < -0.39 is 21.2 Å². The molecule has 0 spiro atoms. The van der Waals surface area contributed by atoms with Crippen LogP contribution in [0.4, 0.5) is 0 Å². The van der Waals surface area contributed by atoms with E-state index in [1.54, 1.807) is 22.8 Å². The predicted molar refractivity (Wildman–Crippen MR) is 111 cm³/mol. The molecule has 0 radical (unpaired) electrons. The van der Waals surface area contributed by atoms with E-state index in [9.17, 15) is 18.3 Å². The Balaban J connectivity index is 1.85. The van der Waals surface area contributed by atoms with Gasteiger partial charge >= 0.3 is 0 Å².